The van der Waals surface area contributed by atoms with E-state index in [9.17, 15) is 8.42 Å². The first-order chi connectivity index (χ1) is 7.83. The zero-order valence-electron chi connectivity index (χ0n) is 10.1. The van der Waals surface area contributed by atoms with Crippen LogP contribution in [0.5, 0.6) is 0 Å². The highest BCUT2D eigenvalue weighted by atomic mass is 35.5. The molecule has 0 aliphatic carbocycles. The Morgan fingerprint density at radius 3 is 2.18 bits per heavy atom. The Labute approximate surface area is 107 Å². The largest absolute Gasteiger partial charge is 0.244 e. The Morgan fingerprint density at radius 1 is 1.29 bits per heavy atom. The third-order valence-corrected chi connectivity index (χ3v) is 4.64. The summed E-state index contributed by atoms with van der Waals surface area (Å²) in [5.74, 6) is 0. The van der Waals surface area contributed by atoms with Crippen LogP contribution >= 0.6 is 11.6 Å². The van der Waals surface area contributed by atoms with Gasteiger partial charge in [-0.1, -0.05) is 13.8 Å². The van der Waals surface area contributed by atoms with E-state index in [2.05, 4.69) is 14.7 Å². The van der Waals surface area contributed by atoms with Crippen LogP contribution in [-0.4, -0.2) is 23.9 Å². The predicted octanol–water partition coefficient (Wildman–Crippen LogP) is 1.99. The summed E-state index contributed by atoms with van der Waals surface area (Å²) in [6.45, 7) is 5.73. The molecule has 1 rings (SSSR count). The van der Waals surface area contributed by atoms with Crippen LogP contribution in [0.15, 0.2) is 17.3 Å². The Balaban J connectivity index is 3.00. The molecule has 0 spiro atoms. The maximum Gasteiger partial charge on any atom is 0.244 e. The molecule has 96 valence electrons. The summed E-state index contributed by atoms with van der Waals surface area (Å²) < 4.78 is 26.7. The van der Waals surface area contributed by atoms with Crippen LogP contribution in [-0.2, 0) is 10.0 Å². The van der Waals surface area contributed by atoms with E-state index in [4.69, 9.17) is 11.6 Å². The number of aromatic nitrogens is 2. The van der Waals surface area contributed by atoms with Gasteiger partial charge in [0.15, 0.2) is 0 Å². The first kappa shape index (κ1) is 14.3. The fraction of sp³-hybridized carbons (Fsp3) is 0.600. The molecule has 1 heterocycles. The first-order valence-corrected chi connectivity index (χ1v) is 7.20. The van der Waals surface area contributed by atoms with Crippen molar-refractivity contribution in [3.8, 4) is 0 Å². The minimum Gasteiger partial charge on any atom is -0.225 e. The summed E-state index contributed by atoms with van der Waals surface area (Å²) in [7, 11) is -3.59. The van der Waals surface area contributed by atoms with E-state index in [1.165, 1.54) is 12.4 Å². The molecule has 17 heavy (non-hydrogen) atoms. The number of hydrogen-bond donors (Lipinski definition) is 1. The van der Waals surface area contributed by atoms with Crippen molar-refractivity contribution in [2.45, 2.75) is 44.0 Å². The molecule has 5 nitrogen and oxygen atoms in total. The lowest BCUT2D eigenvalue weighted by Crippen LogP contribution is -2.44. The van der Waals surface area contributed by atoms with Crippen molar-refractivity contribution in [1.29, 1.82) is 0 Å². The Morgan fingerprint density at radius 2 is 1.76 bits per heavy atom. The average molecular weight is 278 g/mol. The van der Waals surface area contributed by atoms with E-state index in [1.807, 2.05) is 20.8 Å². The van der Waals surface area contributed by atoms with Gasteiger partial charge >= 0.3 is 0 Å². The lowest BCUT2D eigenvalue weighted by Gasteiger charge is -2.27. The third kappa shape index (κ3) is 3.62. The summed E-state index contributed by atoms with van der Waals surface area (Å²) in [6, 6.07) is 0. The van der Waals surface area contributed by atoms with Crippen molar-refractivity contribution in [1.82, 2.24) is 14.7 Å². The Kier molecular flexibility index (Phi) is 4.46. The van der Waals surface area contributed by atoms with E-state index in [1.54, 1.807) is 0 Å². The zero-order chi connectivity index (χ0) is 13.1. The highest BCUT2D eigenvalue weighted by Gasteiger charge is 2.27. The van der Waals surface area contributed by atoms with Gasteiger partial charge in [-0.2, -0.15) is 0 Å². The van der Waals surface area contributed by atoms with Crippen LogP contribution in [0.3, 0.4) is 0 Å². The summed E-state index contributed by atoms with van der Waals surface area (Å²) in [6.07, 6.45) is 3.81. The van der Waals surface area contributed by atoms with E-state index in [-0.39, 0.29) is 10.2 Å². The summed E-state index contributed by atoms with van der Waals surface area (Å²) >= 11 is 5.51. The summed E-state index contributed by atoms with van der Waals surface area (Å²) in [5.41, 5.74) is -0.460. The molecule has 0 aliphatic heterocycles. The van der Waals surface area contributed by atoms with Gasteiger partial charge in [0.05, 0.1) is 12.4 Å². The molecule has 0 aromatic carbocycles. The minimum absolute atomic E-state index is 0.0232. The lowest BCUT2D eigenvalue weighted by molar-refractivity contribution is 0.388. The van der Waals surface area contributed by atoms with E-state index < -0.39 is 15.6 Å². The maximum absolute atomic E-state index is 12.0. The number of nitrogens with one attached hydrogen (secondary N) is 1. The molecule has 0 atom stereocenters. The van der Waals surface area contributed by atoms with Gasteiger partial charge in [0.2, 0.25) is 15.3 Å². The van der Waals surface area contributed by atoms with Gasteiger partial charge in [-0.25, -0.2) is 23.1 Å². The molecule has 1 aromatic rings. The van der Waals surface area contributed by atoms with Crippen LogP contribution in [0, 0.1) is 0 Å². The molecule has 0 fully saturated rings. The van der Waals surface area contributed by atoms with Crippen LogP contribution < -0.4 is 4.72 Å². The SMILES string of the molecule is CCC(C)(CC)NS(=O)(=O)c1cnc(Cl)nc1. The van der Waals surface area contributed by atoms with E-state index in [0.29, 0.717) is 12.8 Å². The van der Waals surface area contributed by atoms with Gasteiger partial charge in [0.1, 0.15) is 4.90 Å². The molecule has 0 amide bonds. The quantitative estimate of drug-likeness (QED) is 0.836. The molecule has 1 N–H and O–H groups in total. The average Bonchev–Trinajstić information content (AvgIpc) is 2.29. The normalized spacial score (nSPS) is 12.7. The van der Waals surface area contributed by atoms with Gasteiger partial charge in [0, 0.05) is 5.54 Å². The van der Waals surface area contributed by atoms with Crippen LogP contribution in [0.25, 0.3) is 0 Å². The highest BCUT2D eigenvalue weighted by molar-refractivity contribution is 7.89. The Hall–Kier alpha value is -0.720. The fourth-order valence-electron chi connectivity index (χ4n) is 1.22. The van der Waals surface area contributed by atoms with Gasteiger partial charge in [-0.3, -0.25) is 0 Å². The molecule has 0 unspecified atom stereocenters. The van der Waals surface area contributed by atoms with Gasteiger partial charge in [-0.15, -0.1) is 0 Å². The molecule has 0 saturated carbocycles. The minimum atomic E-state index is -3.59. The van der Waals surface area contributed by atoms with E-state index >= 15 is 0 Å². The van der Waals surface area contributed by atoms with Crippen molar-refractivity contribution in [2.75, 3.05) is 0 Å². The van der Waals surface area contributed by atoms with Crippen LogP contribution in [0.4, 0.5) is 0 Å². The zero-order valence-corrected chi connectivity index (χ0v) is 11.6. The monoisotopic (exact) mass is 277 g/mol. The Bertz CT molecular complexity index is 469. The topological polar surface area (TPSA) is 72.0 Å². The molecular formula is C10H16ClN3O2S. The summed E-state index contributed by atoms with van der Waals surface area (Å²) in [5, 5.41) is 0.0256. The highest BCUT2D eigenvalue weighted by Crippen LogP contribution is 2.18. The number of rotatable bonds is 5. The van der Waals surface area contributed by atoms with Crippen molar-refractivity contribution in [3.63, 3.8) is 0 Å². The standard InChI is InChI=1S/C10H16ClN3O2S/c1-4-10(3,5-2)14-17(15,16)8-6-12-9(11)13-7-8/h6-7,14H,4-5H2,1-3H3. The van der Waals surface area contributed by atoms with Crippen LogP contribution in [0.1, 0.15) is 33.6 Å². The number of sulfonamides is 1. The van der Waals surface area contributed by atoms with Crippen molar-refractivity contribution in [2.24, 2.45) is 0 Å². The molecule has 0 saturated heterocycles. The second-order valence-electron chi connectivity index (χ2n) is 4.06. The molecule has 0 bridgehead atoms. The fourth-order valence-corrected chi connectivity index (χ4v) is 2.75. The second kappa shape index (κ2) is 5.29. The van der Waals surface area contributed by atoms with Crippen molar-refractivity contribution in [3.05, 3.63) is 17.7 Å². The predicted molar refractivity (Wildman–Crippen MR) is 66.4 cm³/mol. The molecule has 0 aliphatic rings. The second-order valence-corrected chi connectivity index (χ2v) is 6.08. The molecule has 0 radical (unpaired) electrons. The lowest BCUT2D eigenvalue weighted by atomic mass is 9.98. The first-order valence-electron chi connectivity index (χ1n) is 5.34. The molecular weight excluding hydrogens is 262 g/mol. The molecule has 7 heteroatoms. The van der Waals surface area contributed by atoms with Gasteiger partial charge in [0.25, 0.3) is 0 Å². The number of nitrogens with zero attached hydrogens (tertiary/aromatic N) is 2. The smallest absolute Gasteiger partial charge is 0.225 e. The number of hydrogen-bond acceptors (Lipinski definition) is 4. The molecule has 1 aromatic heterocycles. The van der Waals surface area contributed by atoms with Gasteiger partial charge in [-0.05, 0) is 31.4 Å². The maximum atomic E-state index is 12.0. The third-order valence-electron chi connectivity index (χ3n) is 2.85. The summed E-state index contributed by atoms with van der Waals surface area (Å²) in [4.78, 5) is 7.35. The van der Waals surface area contributed by atoms with Crippen molar-refractivity contribution >= 4 is 21.6 Å². The van der Waals surface area contributed by atoms with Crippen LogP contribution in [0.2, 0.25) is 5.28 Å². The van der Waals surface area contributed by atoms with E-state index in [0.717, 1.165) is 0 Å². The number of halogens is 1. The van der Waals surface area contributed by atoms with Gasteiger partial charge < -0.3 is 0 Å². The van der Waals surface area contributed by atoms with Crippen molar-refractivity contribution < 1.29 is 8.42 Å².